The molecule has 0 saturated carbocycles. The van der Waals surface area contributed by atoms with Crippen LogP contribution >= 0.6 is 0 Å². The highest BCUT2D eigenvalue weighted by atomic mass is 16.5. The summed E-state index contributed by atoms with van der Waals surface area (Å²) < 4.78 is 11.1. The summed E-state index contributed by atoms with van der Waals surface area (Å²) in [5, 5.41) is 5.20. The van der Waals surface area contributed by atoms with Crippen LogP contribution in [0, 0.1) is 0 Å². The van der Waals surface area contributed by atoms with E-state index in [-0.39, 0.29) is 11.9 Å². The number of hydrogen-bond acceptors (Lipinski definition) is 4. The molecule has 0 fully saturated rings. The van der Waals surface area contributed by atoms with Gasteiger partial charge in [-0.15, -0.1) is 0 Å². The van der Waals surface area contributed by atoms with E-state index in [1.165, 1.54) is 11.1 Å². The molecule has 0 radical (unpaired) electrons. The second-order valence-corrected chi connectivity index (χ2v) is 9.44. The largest absolute Gasteiger partial charge is 0.497 e. The average Bonchev–Trinajstić information content (AvgIpc) is 2.91. The van der Waals surface area contributed by atoms with E-state index in [4.69, 9.17) is 9.47 Å². The van der Waals surface area contributed by atoms with Gasteiger partial charge < -0.3 is 14.8 Å². The van der Waals surface area contributed by atoms with Gasteiger partial charge in [-0.25, -0.2) is 0 Å². The molecular weight excluding hydrogens is 460 g/mol. The highest BCUT2D eigenvalue weighted by molar-refractivity contribution is 5.93. The quantitative estimate of drug-likeness (QED) is 0.143. The fraction of sp³-hybridized carbons (Fsp3) is 0.375. The van der Waals surface area contributed by atoms with E-state index in [1.807, 2.05) is 36.5 Å². The molecule has 1 atom stereocenters. The van der Waals surface area contributed by atoms with Crippen LogP contribution in [0.25, 0.3) is 16.3 Å². The van der Waals surface area contributed by atoms with Gasteiger partial charge in [0, 0.05) is 29.9 Å². The number of allylic oxidation sites excluding steroid dienone is 3. The molecule has 1 aromatic heterocycles. The summed E-state index contributed by atoms with van der Waals surface area (Å²) in [6.07, 6.45) is 16.5. The number of aryl methyl sites for hydroxylation is 1. The summed E-state index contributed by atoms with van der Waals surface area (Å²) in [5.41, 5.74) is 3.51. The molecule has 196 valence electrons. The Bertz CT molecular complexity index is 1200. The molecule has 3 rings (SSSR count). The molecule has 0 unspecified atom stereocenters. The molecule has 0 aliphatic rings. The van der Waals surface area contributed by atoms with Gasteiger partial charge in [-0.2, -0.15) is 0 Å². The Labute approximate surface area is 221 Å². The number of ether oxygens (including phenoxy) is 2. The second-order valence-electron chi connectivity index (χ2n) is 9.44. The van der Waals surface area contributed by atoms with Crippen LogP contribution in [0.3, 0.4) is 0 Å². The molecular formula is C32H40N2O3. The van der Waals surface area contributed by atoms with Crippen LogP contribution in [0.4, 0.5) is 0 Å². The van der Waals surface area contributed by atoms with Gasteiger partial charge >= 0.3 is 0 Å². The maximum absolute atomic E-state index is 12.5. The van der Waals surface area contributed by atoms with E-state index in [1.54, 1.807) is 26.5 Å². The summed E-state index contributed by atoms with van der Waals surface area (Å²) >= 11 is 0. The van der Waals surface area contributed by atoms with Gasteiger partial charge in [0.2, 0.25) is 5.91 Å². The van der Waals surface area contributed by atoms with Crippen molar-refractivity contribution in [2.75, 3.05) is 14.2 Å². The Morgan fingerprint density at radius 3 is 2.68 bits per heavy atom. The zero-order valence-corrected chi connectivity index (χ0v) is 22.6. The smallest absolute Gasteiger partial charge is 0.244 e. The zero-order chi connectivity index (χ0) is 26.5. The van der Waals surface area contributed by atoms with E-state index in [2.05, 4.69) is 48.4 Å². The van der Waals surface area contributed by atoms with Gasteiger partial charge in [-0.3, -0.25) is 9.78 Å². The number of pyridine rings is 1. The number of nitrogens with one attached hydrogen (secondary N) is 1. The summed E-state index contributed by atoms with van der Waals surface area (Å²) in [6, 6.07) is 14.4. The standard InChI is InChI=1S/C32H40N2O3/c1-5-6-7-14-26(27-20-28-21-29(36-3)17-18-30(28)31(22-27)37-4)15-9-16-32(35)34-24(2)11-8-12-25-13-10-19-33-23-25/h9-10,13,15-24H,5-8,11-12,14H2,1-4H3,(H,34,35)/t24-/m1/s1. The van der Waals surface area contributed by atoms with Crippen LogP contribution in [0.1, 0.15) is 63.5 Å². The third kappa shape index (κ3) is 8.78. The summed E-state index contributed by atoms with van der Waals surface area (Å²) in [5.74, 6) is 1.58. The first-order valence-electron chi connectivity index (χ1n) is 13.3. The van der Waals surface area contributed by atoms with Crippen molar-refractivity contribution < 1.29 is 14.3 Å². The number of aromatic nitrogens is 1. The molecule has 0 aliphatic carbocycles. The van der Waals surface area contributed by atoms with Gasteiger partial charge in [0.1, 0.15) is 11.5 Å². The minimum absolute atomic E-state index is 0.0705. The summed E-state index contributed by atoms with van der Waals surface area (Å²) in [7, 11) is 3.38. The third-order valence-electron chi connectivity index (χ3n) is 6.52. The Morgan fingerprint density at radius 2 is 1.95 bits per heavy atom. The number of benzene rings is 2. The molecule has 0 aliphatic heterocycles. The highest BCUT2D eigenvalue weighted by Crippen LogP contribution is 2.34. The molecule has 5 heteroatoms. The van der Waals surface area contributed by atoms with E-state index >= 15 is 0 Å². The van der Waals surface area contributed by atoms with Crippen LogP contribution < -0.4 is 14.8 Å². The Hall–Kier alpha value is -3.60. The van der Waals surface area contributed by atoms with Crippen LogP contribution in [-0.4, -0.2) is 31.2 Å². The van der Waals surface area contributed by atoms with Crippen molar-refractivity contribution in [2.45, 2.75) is 64.8 Å². The lowest BCUT2D eigenvalue weighted by molar-refractivity contribution is -0.117. The number of methoxy groups -OCH3 is 2. The van der Waals surface area contributed by atoms with Gasteiger partial charge in [0.25, 0.3) is 0 Å². The molecule has 5 nitrogen and oxygen atoms in total. The first-order valence-corrected chi connectivity index (χ1v) is 13.3. The van der Waals surface area contributed by atoms with E-state index < -0.39 is 0 Å². The van der Waals surface area contributed by atoms with Crippen molar-refractivity contribution in [1.29, 1.82) is 0 Å². The normalized spacial score (nSPS) is 12.6. The van der Waals surface area contributed by atoms with Crippen LogP contribution in [0.15, 0.2) is 73.1 Å². The maximum atomic E-state index is 12.5. The molecule has 3 aromatic rings. The van der Waals surface area contributed by atoms with Crippen molar-refractivity contribution in [3.63, 3.8) is 0 Å². The predicted octanol–water partition coefficient (Wildman–Crippen LogP) is 7.30. The number of carbonyl (C=O) groups is 1. The molecule has 1 N–H and O–H groups in total. The van der Waals surface area contributed by atoms with Crippen molar-refractivity contribution in [3.05, 3.63) is 84.2 Å². The molecule has 0 saturated heterocycles. The topological polar surface area (TPSA) is 60.5 Å². The predicted molar refractivity (Wildman–Crippen MR) is 153 cm³/mol. The SMILES string of the molecule is CCCCCC(=CC=CC(=O)N[C@H](C)CCCc1cccnc1)c1cc(OC)c2ccc(OC)cc2c1. The number of hydrogen-bond donors (Lipinski definition) is 1. The highest BCUT2D eigenvalue weighted by Gasteiger charge is 2.10. The van der Waals surface area contributed by atoms with Crippen LogP contribution in [0.2, 0.25) is 0 Å². The molecule has 0 spiro atoms. The number of unbranched alkanes of at least 4 members (excludes halogenated alkanes) is 2. The van der Waals surface area contributed by atoms with Crippen molar-refractivity contribution in [3.8, 4) is 11.5 Å². The Balaban J connectivity index is 1.69. The van der Waals surface area contributed by atoms with Crippen LogP contribution in [-0.2, 0) is 11.2 Å². The van der Waals surface area contributed by atoms with E-state index in [9.17, 15) is 4.79 Å². The number of fused-ring (bicyclic) bond motifs is 1. The molecule has 0 bridgehead atoms. The fourth-order valence-electron chi connectivity index (χ4n) is 4.46. The van der Waals surface area contributed by atoms with Crippen molar-refractivity contribution in [2.24, 2.45) is 0 Å². The fourth-order valence-corrected chi connectivity index (χ4v) is 4.46. The van der Waals surface area contributed by atoms with Gasteiger partial charge in [-0.1, -0.05) is 38.0 Å². The lowest BCUT2D eigenvalue weighted by atomic mass is 9.96. The lowest BCUT2D eigenvalue weighted by Crippen LogP contribution is -2.31. The molecule has 1 heterocycles. The number of rotatable bonds is 14. The maximum Gasteiger partial charge on any atom is 0.244 e. The first kappa shape index (κ1) is 28.0. The summed E-state index contributed by atoms with van der Waals surface area (Å²) in [4.78, 5) is 16.7. The first-order chi connectivity index (χ1) is 18.0. The molecule has 37 heavy (non-hydrogen) atoms. The van der Waals surface area contributed by atoms with Gasteiger partial charge in [-0.05, 0) is 97.5 Å². The third-order valence-corrected chi connectivity index (χ3v) is 6.52. The number of amides is 1. The Morgan fingerprint density at radius 1 is 1.08 bits per heavy atom. The molecule has 2 aromatic carbocycles. The van der Waals surface area contributed by atoms with Crippen molar-refractivity contribution in [1.82, 2.24) is 10.3 Å². The molecule has 1 amide bonds. The van der Waals surface area contributed by atoms with Gasteiger partial charge in [0.15, 0.2) is 0 Å². The zero-order valence-electron chi connectivity index (χ0n) is 22.6. The number of carbonyl (C=O) groups excluding carboxylic acids is 1. The minimum atomic E-state index is -0.0705. The average molecular weight is 501 g/mol. The van der Waals surface area contributed by atoms with Crippen LogP contribution in [0.5, 0.6) is 11.5 Å². The Kier molecular flexibility index (Phi) is 11.2. The van der Waals surface area contributed by atoms with E-state index in [0.29, 0.717) is 0 Å². The van der Waals surface area contributed by atoms with Crippen molar-refractivity contribution >= 4 is 22.3 Å². The summed E-state index contributed by atoms with van der Waals surface area (Å²) in [6.45, 7) is 4.26. The minimum Gasteiger partial charge on any atom is -0.497 e. The van der Waals surface area contributed by atoms with Gasteiger partial charge in [0.05, 0.1) is 14.2 Å². The number of nitrogens with zero attached hydrogens (tertiary/aromatic N) is 1. The van der Waals surface area contributed by atoms with E-state index in [0.717, 1.165) is 72.8 Å². The second kappa shape index (κ2) is 14.8. The lowest BCUT2D eigenvalue weighted by Gasteiger charge is -2.13. The monoisotopic (exact) mass is 500 g/mol.